The van der Waals surface area contributed by atoms with Crippen molar-refractivity contribution in [3.8, 4) is 0 Å². The molecule has 1 N–H and O–H groups in total. The van der Waals surface area contributed by atoms with Crippen molar-refractivity contribution in [3.63, 3.8) is 0 Å². The van der Waals surface area contributed by atoms with Gasteiger partial charge in [-0.15, -0.1) is 0 Å². The minimum absolute atomic E-state index is 0.0323. The number of halogens is 1. The molecule has 1 aliphatic rings. The zero-order valence-corrected chi connectivity index (χ0v) is 13.8. The molecular weight excluding hydrogens is 286 g/mol. The first-order valence-electron chi connectivity index (χ1n) is 7.70. The van der Waals surface area contributed by atoms with Gasteiger partial charge in [-0.2, -0.15) is 0 Å². The van der Waals surface area contributed by atoms with E-state index in [-0.39, 0.29) is 5.91 Å². The van der Waals surface area contributed by atoms with Crippen molar-refractivity contribution in [2.45, 2.75) is 33.6 Å². The van der Waals surface area contributed by atoms with Crippen molar-refractivity contribution in [1.82, 2.24) is 9.88 Å². The van der Waals surface area contributed by atoms with Gasteiger partial charge in [0.15, 0.2) is 0 Å². The van der Waals surface area contributed by atoms with E-state index in [1.54, 1.807) is 12.3 Å². The zero-order chi connectivity index (χ0) is 15.4. The first kappa shape index (κ1) is 16.1. The number of piperidine rings is 1. The maximum absolute atomic E-state index is 12.6. The Kier molecular flexibility index (Phi) is 5.45. The number of aromatic nitrogens is 1. The number of pyridine rings is 1. The highest BCUT2D eigenvalue weighted by Gasteiger charge is 2.26. The fourth-order valence-electron chi connectivity index (χ4n) is 2.94. The second-order valence-corrected chi connectivity index (χ2v) is 6.54. The van der Waals surface area contributed by atoms with E-state index < -0.39 is 0 Å². The summed E-state index contributed by atoms with van der Waals surface area (Å²) in [7, 11) is 0. The summed E-state index contributed by atoms with van der Waals surface area (Å²) in [5.74, 6) is 1.78. The summed E-state index contributed by atoms with van der Waals surface area (Å²) in [6, 6.07) is 1.72. The SMILES string of the molecule is CCCNc1ncc(C(=O)N2CC(C)CC(C)C2)cc1Cl. The smallest absolute Gasteiger partial charge is 0.255 e. The first-order chi connectivity index (χ1) is 10.0. The maximum atomic E-state index is 12.6. The Labute approximate surface area is 131 Å². The van der Waals surface area contributed by atoms with E-state index in [2.05, 4.69) is 31.1 Å². The summed E-state index contributed by atoms with van der Waals surface area (Å²) in [4.78, 5) is 18.8. The molecule has 0 aromatic carbocycles. The molecule has 1 saturated heterocycles. The van der Waals surface area contributed by atoms with E-state index in [1.807, 2.05) is 4.90 Å². The molecule has 1 aliphatic heterocycles. The lowest BCUT2D eigenvalue weighted by Crippen LogP contribution is -2.42. The molecule has 4 nitrogen and oxygen atoms in total. The number of amides is 1. The third-order valence-corrected chi connectivity index (χ3v) is 4.07. The van der Waals surface area contributed by atoms with Crippen LogP contribution in [0.4, 0.5) is 5.82 Å². The van der Waals surface area contributed by atoms with Crippen LogP contribution in [-0.4, -0.2) is 35.4 Å². The minimum Gasteiger partial charge on any atom is -0.369 e. The second kappa shape index (κ2) is 7.12. The van der Waals surface area contributed by atoms with Crippen LogP contribution in [0.3, 0.4) is 0 Å². The Morgan fingerprint density at radius 3 is 2.67 bits per heavy atom. The number of likely N-dealkylation sites (tertiary alicyclic amines) is 1. The molecule has 1 aromatic rings. The number of nitrogens with zero attached hydrogens (tertiary/aromatic N) is 2. The molecular formula is C16H24ClN3O. The highest BCUT2D eigenvalue weighted by Crippen LogP contribution is 2.25. The Bertz CT molecular complexity index is 496. The van der Waals surface area contributed by atoms with Gasteiger partial charge in [-0.1, -0.05) is 32.4 Å². The monoisotopic (exact) mass is 309 g/mol. The van der Waals surface area contributed by atoms with Crippen LogP contribution < -0.4 is 5.32 Å². The lowest BCUT2D eigenvalue weighted by molar-refractivity contribution is 0.0623. The molecule has 0 spiro atoms. The molecule has 0 radical (unpaired) electrons. The fourth-order valence-corrected chi connectivity index (χ4v) is 3.17. The van der Waals surface area contributed by atoms with E-state index in [0.717, 1.165) is 26.1 Å². The van der Waals surface area contributed by atoms with Crippen LogP contribution >= 0.6 is 11.6 Å². The number of hydrogen-bond donors (Lipinski definition) is 1. The van der Waals surface area contributed by atoms with E-state index in [1.165, 1.54) is 6.42 Å². The number of carbonyl (C=O) groups is 1. The molecule has 1 fully saturated rings. The van der Waals surface area contributed by atoms with Crippen LogP contribution in [-0.2, 0) is 0 Å². The van der Waals surface area contributed by atoms with Crippen LogP contribution in [0.2, 0.25) is 5.02 Å². The average molecular weight is 310 g/mol. The Morgan fingerprint density at radius 1 is 1.43 bits per heavy atom. The Hall–Kier alpha value is -1.29. The van der Waals surface area contributed by atoms with Gasteiger partial charge in [0.2, 0.25) is 0 Å². The van der Waals surface area contributed by atoms with Crippen molar-refractivity contribution >= 4 is 23.3 Å². The first-order valence-corrected chi connectivity index (χ1v) is 8.07. The quantitative estimate of drug-likeness (QED) is 0.923. The molecule has 2 atom stereocenters. The van der Waals surface area contributed by atoms with Crippen molar-refractivity contribution in [2.24, 2.45) is 11.8 Å². The Morgan fingerprint density at radius 2 is 2.10 bits per heavy atom. The summed E-state index contributed by atoms with van der Waals surface area (Å²) in [5, 5.41) is 3.66. The summed E-state index contributed by atoms with van der Waals surface area (Å²) in [5.41, 5.74) is 0.573. The summed E-state index contributed by atoms with van der Waals surface area (Å²) in [6.07, 6.45) is 3.81. The molecule has 0 bridgehead atoms. The van der Waals surface area contributed by atoms with E-state index in [9.17, 15) is 4.79 Å². The predicted octanol–water partition coefficient (Wildman–Crippen LogP) is 3.68. The number of hydrogen-bond acceptors (Lipinski definition) is 3. The standard InChI is InChI=1S/C16H24ClN3O/c1-4-5-18-15-14(17)7-13(8-19-15)16(21)20-9-11(2)6-12(3)10-20/h7-8,11-12H,4-6,9-10H2,1-3H3,(H,18,19). The van der Waals surface area contributed by atoms with E-state index in [0.29, 0.717) is 28.2 Å². The molecule has 2 heterocycles. The molecule has 5 heteroatoms. The van der Waals surface area contributed by atoms with Crippen molar-refractivity contribution in [1.29, 1.82) is 0 Å². The summed E-state index contributed by atoms with van der Waals surface area (Å²) in [6.45, 7) is 8.92. The molecule has 1 amide bonds. The second-order valence-electron chi connectivity index (χ2n) is 6.14. The van der Waals surface area contributed by atoms with Gasteiger partial charge in [0.05, 0.1) is 10.6 Å². The van der Waals surface area contributed by atoms with Gasteiger partial charge in [-0.25, -0.2) is 4.98 Å². The van der Waals surface area contributed by atoms with Gasteiger partial charge in [0, 0.05) is 25.8 Å². The molecule has 1 aromatic heterocycles. The van der Waals surface area contributed by atoms with Gasteiger partial charge in [0.25, 0.3) is 5.91 Å². The van der Waals surface area contributed by atoms with Gasteiger partial charge in [-0.05, 0) is 30.7 Å². The number of carbonyl (C=O) groups excluding carboxylic acids is 1. The third kappa shape index (κ3) is 4.10. The molecule has 21 heavy (non-hydrogen) atoms. The normalized spacial score (nSPS) is 22.2. The lowest BCUT2D eigenvalue weighted by Gasteiger charge is -2.35. The molecule has 116 valence electrons. The van der Waals surface area contributed by atoms with Crippen molar-refractivity contribution in [2.75, 3.05) is 25.0 Å². The van der Waals surface area contributed by atoms with Gasteiger partial charge in [0.1, 0.15) is 5.82 Å². The minimum atomic E-state index is 0.0323. The fraction of sp³-hybridized carbons (Fsp3) is 0.625. The number of rotatable bonds is 4. The third-order valence-electron chi connectivity index (χ3n) is 3.79. The van der Waals surface area contributed by atoms with Crippen LogP contribution in [0.15, 0.2) is 12.3 Å². The van der Waals surface area contributed by atoms with Crippen LogP contribution in [0, 0.1) is 11.8 Å². The average Bonchev–Trinajstić information content (AvgIpc) is 2.44. The molecule has 2 rings (SSSR count). The topological polar surface area (TPSA) is 45.2 Å². The van der Waals surface area contributed by atoms with E-state index >= 15 is 0 Å². The molecule has 0 saturated carbocycles. The van der Waals surface area contributed by atoms with Crippen LogP contribution in [0.25, 0.3) is 0 Å². The highest BCUT2D eigenvalue weighted by molar-refractivity contribution is 6.33. The molecule has 2 unspecified atom stereocenters. The van der Waals surface area contributed by atoms with Crippen molar-refractivity contribution < 1.29 is 4.79 Å². The predicted molar refractivity (Wildman–Crippen MR) is 86.9 cm³/mol. The lowest BCUT2D eigenvalue weighted by atomic mass is 9.91. The van der Waals surface area contributed by atoms with Crippen LogP contribution in [0.1, 0.15) is 44.0 Å². The largest absolute Gasteiger partial charge is 0.369 e. The maximum Gasteiger partial charge on any atom is 0.255 e. The van der Waals surface area contributed by atoms with Gasteiger partial charge < -0.3 is 10.2 Å². The molecule has 0 aliphatic carbocycles. The van der Waals surface area contributed by atoms with E-state index in [4.69, 9.17) is 11.6 Å². The highest BCUT2D eigenvalue weighted by atomic mass is 35.5. The Balaban J connectivity index is 2.10. The number of nitrogens with one attached hydrogen (secondary N) is 1. The van der Waals surface area contributed by atoms with Gasteiger partial charge in [-0.3, -0.25) is 4.79 Å². The van der Waals surface area contributed by atoms with Gasteiger partial charge >= 0.3 is 0 Å². The van der Waals surface area contributed by atoms with Crippen LogP contribution in [0.5, 0.6) is 0 Å². The number of anilines is 1. The summed E-state index contributed by atoms with van der Waals surface area (Å²) >= 11 is 6.21. The van der Waals surface area contributed by atoms with Crippen molar-refractivity contribution in [3.05, 3.63) is 22.8 Å². The zero-order valence-electron chi connectivity index (χ0n) is 13.0. The summed E-state index contributed by atoms with van der Waals surface area (Å²) < 4.78 is 0.